The SMILES string of the molecule is COCCOC1C(N)CC1Oc1ccc(C)cc1. The van der Waals surface area contributed by atoms with E-state index in [1.165, 1.54) is 5.56 Å². The fourth-order valence-electron chi connectivity index (χ4n) is 2.02. The van der Waals surface area contributed by atoms with Gasteiger partial charge in [0.05, 0.1) is 13.2 Å². The van der Waals surface area contributed by atoms with Gasteiger partial charge >= 0.3 is 0 Å². The van der Waals surface area contributed by atoms with Crippen LogP contribution in [0.5, 0.6) is 5.75 Å². The molecule has 0 aliphatic heterocycles. The van der Waals surface area contributed by atoms with Crippen molar-refractivity contribution in [2.75, 3.05) is 20.3 Å². The zero-order chi connectivity index (χ0) is 13.0. The quantitative estimate of drug-likeness (QED) is 0.779. The first kappa shape index (κ1) is 13.3. The van der Waals surface area contributed by atoms with Gasteiger partial charge in [-0.25, -0.2) is 0 Å². The van der Waals surface area contributed by atoms with E-state index < -0.39 is 0 Å². The molecule has 100 valence electrons. The predicted molar refractivity (Wildman–Crippen MR) is 69.8 cm³/mol. The molecule has 4 nitrogen and oxygen atoms in total. The maximum absolute atomic E-state index is 5.93. The second kappa shape index (κ2) is 6.18. The summed E-state index contributed by atoms with van der Waals surface area (Å²) in [7, 11) is 1.66. The Hall–Kier alpha value is -1.10. The Morgan fingerprint density at radius 3 is 2.56 bits per heavy atom. The van der Waals surface area contributed by atoms with E-state index in [9.17, 15) is 0 Å². The van der Waals surface area contributed by atoms with E-state index in [-0.39, 0.29) is 18.2 Å². The molecule has 1 saturated carbocycles. The molecular formula is C14H21NO3. The van der Waals surface area contributed by atoms with Crippen molar-refractivity contribution in [3.63, 3.8) is 0 Å². The zero-order valence-electron chi connectivity index (χ0n) is 11.0. The van der Waals surface area contributed by atoms with Crippen LogP contribution in [0.4, 0.5) is 0 Å². The average molecular weight is 251 g/mol. The standard InChI is InChI=1S/C14H21NO3/c1-10-3-5-11(6-4-10)18-13-9-12(15)14(13)17-8-7-16-2/h3-6,12-14H,7-9,15H2,1-2H3. The number of hydrogen-bond acceptors (Lipinski definition) is 4. The van der Waals surface area contributed by atoms with Crippen molar-refractivity contribution in [3.8, 4) is 5.75 Å². The molecule has 0 spiro atoms. The van der Waals surface area contributed by atoms with E-state index in [2.05, 4.69) is 6.92 Å². The summed E-state index contributed by atoms with van der Waals surface area (Å²) in [6.07, 6.45) is 0.868. The summed E-state index contributed by atoms with van der Waals surface area (Å²) in [5, 5.41) is 0. The monoisotopic (exact) mass is 251 g/mol. The summed E-state index contributed by atoms with van der Waals surface area (Å²) in [5.74, 6) is 0.873. The van der Waals surface area contributed by atoms with Gasteiger partial charge in [0, 0.05) is 19.6 Å². The molecule has 0 amide bonds. The number of benzene rings is 1. The van der Waals surface area contributed by atoms with Crippen LogP contribution >= 0.6 is 0 Å². The summed E-state index contributed by atoms with van der Waals surface area (Å²) in [4.78, 5) is 0. The van der Waals surface area contributed by atoms with Crippen LogP contribution in [-0.2, 0) is 9.47 Å². The summed E-state index contributed by atoms with van der Waals surface area (Å²) < 4.78 is 16.5. The van der Waals surface area contributed by atoms with Gasteiger partial charge in [0.1, 0.15) is 18.0 Å². The number of methoxy groups -OCH3 is 1. The molecule has 1 aliphatic carbocycles. The summed E-state index contributed by atoms with van der Waals surface area (Å²) in [5.41, 5.74) is 7.15. The number of ether oxygens (including phenoxy) is 3. The topological polar surface area (TPSA) is 53.7 Å². The highest BCUT2D eigenvalue weighted by molar-refractivity contribution is 5.27. The first-order valence-corrected chi connectivity index (χ1v) is 6.30. The van der Waals surface area contributed by atoms with Crippen LogP contribution in [0.2, 0.25) is 0 Å². The Kier molecular flexibility index (Phi) is 4.58. The maximum Gasteiger partial charge on any atom is 0.128 e. The molecule has 2 N–H and O–H groups in total. The molecule has 0 bridgehead atoms. The highest BCUT2D eigenvalue weighted by atomic mass is 16.6. The lowest BCUT2D eigenvalue weighted by molar-refractivity contribution is -0.107. The van der Waals surface area contributed by atoms with Crippen molar-refractivity contribution in [3.05, 3.63) is 29.8 Å². The third-order valence-electron chi connectivity index (χ3n) is 3.20. The minimum Gasteiger partial charge on any atom is -0.488 e. The third kappa shape index (κ3) is 3.22. The van der Waals surface area contributed by atoms with Gasteiger partial charge in [-0.1, -0.05) is 17.7 Å². The van der Waals surface area contributed by atoms with Gasteiger partial charge in [-0.3, -0.25) is 0 Å². The summed E-state index contributed by atoms with van der Waals surface area (Å²) >= 11 is 0. The fourth-order valence-corrected chi connectivity index (χ4v) is 2.02. The minimum absolute atomic E-state index is 0.0264. The lowest BCUT2D eigenvalue weighted by Gasteiger charge is -2.41. The van der Waals surface area contributed by atoms with E-state index in [1.54, 1.807) is 7.11 Å². The smallest absolute Gasteiger partial charge is 0.128 e. The molecule has 1 fully saturated rings. The van der Waals surface area contributed by atoms with E-state index in [4.69, 9.17) is 19.9 Å². The van der Waals surface area contributed by atoms with Gasteiger partial charge in [0.2, 0.25) is 0 Å². The van der Waals surface area contributed by atoms with Gasteiger partial charge in [-0.05, 0) is 19.1 Å². The van der Waals surface area contributed by atoms with Gasteiger partial charge in [-0.15, -0.1) is 0 Å². The molecule has 0 radical (unpaired) electrons. The van der Waals surface area contributed by atoms with E-state index in [0.29, 0.717) is 13.2 Å². The Labute approximate surface area is 108 Å². The minimum atomic E-state index is -0.0264. The lowest BCUT2D eigenvalue weighted by Crippen LogP contribution is -2.59. The van der Waals surface area contributed by atoms with Gasteiger partial charge in [0.25, 0.3) is 0 Å². The molecule has 0 heterocycles. The van der Waals surface area contributed by atoms with Crippen LogP contribution < -0.4 is 10.5 Å². The molecule has 1 aromatic carbocycles. The van der Waals surface area contributed by atoms with Crippen molar-refractivity contribution < 1.29 is 14.2 Å². The van der Waals surface area contributed by atoms with Crippen molar-refractivity contribution in [1.82, 2.24) is 0 Å². The Bertz CT molecular complexity index is 366. The molecular weight excluding hydrogens is 230 g/mol. The van der Waals surface area contributed by atoms with Crippen molar-refractivity contribution in [2.24, 2.45) is 5.73 Å². The highest BCUT2D eigenvalue weighted by Gasteiger charge is 2.41. The highest BCUT2D eigenvalue weighted by Crippen LogP contribution is 2.27. The van der Waals surface area contributed by atoms with Crippen molar-refractivity contribution >= 4 is 0 Å². The second-order valence-corrected chi connectivity index (χ2v) is 4.70. The van der Waals surface area contributed by atoms with E-state index >= 15 is 0 Å². The average Bonchev–Trinajstić information content (AvgIpc) is 2.36. The van der Waals surface area contributed by atoms with Gasteiger partial charge < -0.3 is 19.9 Å². The number of nitrogens with two attached hydrogens (primary N) is 1. The van der Waals surface area contributed by atoms with Crippen LogP contribution in [0.1, 0.15) is 12.0 Å². The van der Waals surface area contributed by atoms with Crippen LogP contribution in [0.3, 0.4) is 0 Å². The van der Waals surface area contributed by atoms with Gasteiger partial charge in [-0.2, -0.15) is 0 Å². The van der Waals surface area contributed by atoms with E-state index in [0.717, 1.165) is 12.2 Å². The van der Waals surface area contributed by atoms with Crippen LogP contribution in [0, 0.1) is 6.92 Å². The maximum atomic E-state index is 5.93. The van der Waals surface area contributed by atoms with Crippen LogP contribution in [0.15, 0.2) is 24.3 Å². The van der Waals surface area contributed by atoms with Crippen molar-refractivity contribution in [1.29, 1.82) is 0 Å². The molecule has 18 heavy (non-hydrogen) atoms. The lowest BCUT2D eigenvalue weighted by atomic mass is 9.86. The Morgan fingerprint density at radius 2 is 1.94 bits per heavy atom. The summed E-state index contributed by atoms with van der Waals surface area (Å²) in [6, 6.07) is 8.09. The first-order chi connectivity index (χ1) is 8.70. The molecule has 3 atom stereocenters. The van der Waals surface area contributed by atoms with E-state index in [1.807, 2.05) is 24.3 Å². The largest absolute Gasteiger partial charge is 0.488 e. The molecule has 2 rings (SSSR count). The van der Waals surface area contributed by atoms with Gasteiger partial charge in [0.15, 0.2) is 0 Å². The molecule has 0 saturated heterocycles. The number of rotatable bonds is 6. The molecule has 0 aromatic heterocycles. The second-order valence-electron chi connectivity index (χ2n) is 4.70. The van der Waals surface area contributed by atoms with Crippen LogP contribution in [0.25, 0.3) is 0 Å². The molecule has 3 unspecified atom stereocenters. The molecule has 1 aromatic rings. The molecule has 1 aliphatic rings. The molecule has 4 heteroatoms. The van der Waals surface area contributed by atoms with Crippen LogP contribution in [-0.4, -0.2) is 38.6 Å². The predicted octanol–water partition coefficient (Wildman–Crippen LogP) is 1.51. The first-order valence-electron chi connectivity index (χ1n) is 6.30. The number of aryl methyl sites for hydroxylation is 1. The third-order valence-corrected chi connectivity index (χ3v) is 3.20. The Balaban J connectivity index is 1.83. The normalized spacial score (nSPS) is 26.7. The van der Waals surface area contributed by atoms with Crippen molar-refractivity contribution in [2.45, 2.75) is 31.6 Å². The number of hydrogen-bond donors (Lipinski definition) is 1. The fraction of sp³-hybridized carbons (Fsp3) is 0.571. The Morgan fingerprint density at radius 1 is 1.22 bits per heavy atom. The zero-order valence-corrected chi connectivity index (χ0v) is 11.0. The summed E-state index contributed by atoms with van der Waals surface area (Å²) in [6.45, 7) is 3.20.